The lowest BCUT2D eigenvalue weighted by atomic mass is 10.2. The van der Waals surface area contributed by atoms with E-state index >= 15 is 0 Å². The molecule has 0 bridgehead atoms. The number of hydrogen-bond acceptors (Lipinski definition) is 6. The predicted molar refractivity (Wildman–Crippen MR) is 52.7 cm³/mol. The molecule has 0 aliphatic carbocycles. The standard InChI is InChI=1S/C10H14O6/c1-3-5-13-9(11)14-6-8-7(4-2)15-10(12)16-8/h3,5,7-8H,4,6H2,1-2H3. The topological polar surface area (TPSA) is 71.1 Å². The maximum absolute atomic E-state index is 11.0. The van der Waals surface area contributed by atoms with Crippen molar-refractivity contribution in [2.24, 2.45) is 0 Å². The van der Waals surface area contributed by atoms with Crippen LogP contribution in [0.2, 0.25) is 0 Å². The van der Waals surface area contributed by atoms with Crippen LogP contribution >= 0.6 is 0 Å². The maximum atomic E-state index is 11.0. The summed E-state index contributed by atoms with van der Waals surface area (Å²) < 4.78 is 18.9. The zero-order valence-corrected chi connectivity index (χ0v) is 9.17. The molecule has 0 radical (unpaired) electrons. The first-order chi connectivity index (χ1) is 7.67. The Bertz CT molecular complexity index is 285. The van der Waals surface area contributed by atoms with Crippen LogP contribution in [0.3, 0.4) is 0 Å². The van der Waals surface area contributed by atoms with Gasteiger partial charge in [0.15, 0.2) is 6.10 Å². The number of allylic oxidation sites excluding steroid dienone is 1. The molecule has 1 heterocycles. The number of carbonyl (C=O) groups excluding carboxylic acids is 2. The average molecular weight is 230 g/mol. The Kier molecular flexibility index (Phi) is 4.63. The van der Waals surface area contributed by atoms with Gasteiger partial charge in [-0.15, -0.1) is 0 Å². The van der Waals surface area contributed by atoms with Crippen LogP contribution in [0.1, 0.15) is 20.3 Å². The van der Waals surface area contributed by atoms with Crippen LogP contribution in [-0.4, -0.2) is 31.1 Å². The minimum atomic E-state index is -0.837. The molecule has 0 saturated carbocycles. The van der Waals surface area contributed by atoms with E-state index in [-0.39, 0.29) is 12.7 Å². The van der Waals surface area contributed by atoms with E-state index in [0.29, 0.717) is 6.42 Å². The first-order valence-electron chi connectivity index (χ1n) is 4.99. The molecule has 1 fully saturated rings. The number of cyclic esters (lactones) is 2. The van der Waals surface area contributed by atoms with E-state index in [1.54, 1.807) is 13.0 Å². The van der Waals surface area contributed by atoms with E-state index in [4.69, 9.17) is 14.2 Å². The van der Waals surface area contributed by atoms with Crippen LogP contribution in [-0.2, 0) is 18.9 Å². The fraction of sp³-hybridized carbons (Fsp3) is 0.600. The van der Waals surface area contributed by atoms with Crippen molar-refractivity contribution in [1.82, 2.24) is 0 Å². The van der Waals surface area contributed by atoms with Crippen molar-refractivity contribution in [2.45, 2.75) is 32.5 Å². The van der Waals surface area contributed by atoms with Gasteiger partial charge in [-0.3, -0.25) is 0 Å². The second-order valence-corrected chi connectivity index (χ2v) is 3.12. The van der Waals surface area contributed by atoms with Gasteiger partial charge < -0.3 is 18.9 Å². The monoisotopic (exact) mass is 230 g/mol. The summed E-state index contributed by atoms with van der Waals surface area (Å²) in [6.07, 6.45) is 0.853. The number of ether oxygens (including phenoxy) is 4. The molecule has 1 aliphatic heterocycles. The summed E-state index contributed by atoms with van der Waals surface area (Å²) in [6, 6.07) is 0. The molecule has 0 aromatic carbocycles. The highest BCUT2D eigenvalue weighted by molar-refractivity contribution is 5.63. The Morgan fingerprint density at radius 2 is 2.12 bits per heavy atom. The van der Waals surface area contributed by atoms with E-state index in [2.05, 4.69) is 4.74 Å². The molecule has 0 N–H and O–H groups in total. The summed E-state index contributed by atoms with van der Waals surface area (Å²) in [5, 5.41) is 0. The van der Waals surface area contributed by atoms with Crippen LogP contribution in [0.4, 0.5) is 9.59 Å². The SMILES string of the molecule is CC=COC(=O)OCC1OC(=O)OC1CC. The molecule has 1 rings (SSSR count). The van der Waals surface area contributed by atoms with E-state index in [1.165, 1.54) is 6.26 Å². The van der Waals surface area contributed by atoms with Crippen molar-refractivity contribution < 1.29 is 28.5 Å². The van der Waals surface area contributed by atoms with Gasteiger partial charge in [0, 0.05) is 0 Å². The molecule has 0 aromatic rings. The molecule has 2 unspecified atom stereocenters. The number of carbonyl (C=O) groups is 2. The number of rotatable bonds is 4. The summed E-state index contributed by atoms with van der Waals surface area (Å²) in [5.41, 5.74) is 0. The highest BCUT2D eigenvalue weighted by Crippen LogP contribution is 2.18. The molecule has 6 heteroatoms. The van der Waals surface area contributed by atoms with Gasteiger partial charge in [0.25, 0.3) is 0 Å². The Morgan fingerprint density at radius 1 is 1.44 bits per heavy atom. The second-order valence-electron chi connectivity index (χ2n) is 3.12. The van der Waals surface area contributed by atoms with Gasteiger partial charge in [0.2, 0.25) is 0 Å². The summed E-state index contributed by atoms with van der Waals surface area (Å²) in [7, 11) is 0. The molecular weight excluding hydrogens is 216 g/mol. The van der Waals surface area contributed by atoms with Crippen LogP contribution in [0.15, 0.2) is 12.3 Å². The minimum Gasteiger partial charge on any atom is -0.430 e. The van der Waals surface area contributed by atoms with Crippen molar-refractivity contribution in [1.29, 1.82) is 0 Å². The van der Waals surface area contributed by atoms with Crippen molar-refractivity contribution in [2.75, 3.05) is 6.61 Å². The van der Waals surface area contributed by atoms with E-state index < -0.39 is 18.4 Å². The third-order valence-electron chi connectivity index (χ3n) is 1.98. The van der Waals surface area contributed by atoms with E-state index in [0.717, 1.165) is 0 Å². The third kappa shape index (κ3) is 3.45. The Morgan fingerprint density at radius 3 is 2.75 bits per heavy atom. The van der Waals surface area contributed by atoms with Crippen LogP contribution in [0, 0.1) is 0 Å². The third-order valence-corrected chi connectivity index (χ3v) is 1.98. The van der Waals surface area contributed by atoms with Crippen LogP contribution in [0.25, 0.3) is 0 Å². The van der Waals surface area contributed by atoms with Crippen molar-refractivity contribution in [3.8, 4) is 0 Å². The van der Waals surface area contributed by atoms with Gasteiger partial charge in [-0.1, -0.05) is 13.0 Å². The van der Waals surface area contributed by atoms with Gasteiger partial charge >= 0.3 is 12.3 Å². The molecule has 0 spiro atoms. The Hall–Kier alpha value is -1.72. The van der Waals surface area contributed by atoms with Gasteiger partial charge in [-0.05, 0) is 13.3 Å². The zero-order chi connectivity index (χ0) is 12.0. The average Bonchev–Trinajstić information content (AvgIpc) is 2.64. The molecule has 0 aromatic heterocycles. The fourth-order valence-electron chi connectivity index (χ4n) is 1.22. The molecule has 1 aliphatic rings. The molecule has 0 amide bonds. The molecule has 2 atom stereocenters. The van der Waals surface area contributed by atoms with Crippen molar-refractivity contribution in [3.05, 3.63) is 12.3 Å². The van der Waals surface area contributed by atoms with Gasteiger partial charge in [-0.25, -0.2) is 9.59 Å². The van der Waals surface area contributed by atoms with Gasteiger partial charge in [0.05, 0.1) is 6.26 Å². The predicted octanol–water partition coefficient (Wildman–Crippen LogP) is 1.99. The van der Waals surface area contributed by atoms with Crippen LogP contribution in [0.5, 0.6) is 0 Å². The Labute approximate surface area is 93.1 Å². The van der Waals surface area contributed by atoms with Crippen molar-refractivity contribution in [3.63, 3.8) is 0 Å². The smallest absolute Gasteiger partial charge is 0.430 e. The second kappa shape index (κ2) is 5.99. The quantitative estimate of drug-likeness (QED) is 0.543. The summed E-state index contributed by atoms with van der Waals surface area (Å²) in [6.45, 7) is 3.48. The molecule has 16 heavy (non-hydrogen) atoms. The highest BCUT2D eigenvalue weighted by Gasteiger charge is 2.36. The highest BCUT2D eigenvalue weighted by atomic mass is 16.8. The van der Waals surface area contributed by atoms with Gasteiger partial charge in [0.1, 0.15) is 12.7 Å². The maximum Gasteiger partial charge on any atom is 0.513 e. The lowest BCUT2D eigenvalue weighted by molar-refractivity contribution is 0.0315. The fourth-order valence-corrected chi connectivity index (χ4v) is 1.22. The van der Waals surface area contributed by atoms with Crippen molar-refractivity contribution >= 4 is 12.3 Å². The number of hydrogen-bond donors (Lipinski definition) is 0. The lowest BCUT2D eigenvalue weighted by Gasteiger charge is -2.12. The molecule has 6 nitrogen and oxygen atoms in total. The molecular formula is C10H14O6. The van der Waals surface area contributed by atoms with Crippen LogP contribution < -0.4 is 0 Å². The lowest BCUT2D eigenvalue weighted by Crippen LogP contribution is -2.28. The van der Waals surface area contributed by atoms with E-state index in [1.807, 2.05) is 6.92 Å². The first kappa shape index (κ1) is 12.4. The normalized spacial score (nSPS) is 24.0. The summed E-state index contributed by atoms with van der Waals surface area (Å²) >= 11 is 0. The van der Waals surface area contributed by atoms with Gasteiger partial charge in [-0.2, -0.15) is 0 Å². The first-order valence-corrected chi connectivity index (χ1v) is 4.99. The summed E-state index contributed by atoms with van der Waals surface area (Å²) in [5.74, 6) is 0. The largest absolute Gasteiger partial charge is 0.513 e. The zero-order valence-electron chi connectivity index (χ0n) is 9.17. The minimum absolute atomic E-state index is 0.0688. The molecule has 90 valence electrons. The molecule has 1 saturated heterocycles. The van der Waals surface area contributed by atoms with E-state index in [9.17, 15) is 9.59 Å². The summed E-state index contributed by atoms with van der Waals surface area (Å²) in [4.78, 5) is 21.8. The Balaban J connectivity index is 2.31.